The van der Waals surface area contributed by atoms with E-state index in [9.17, 15) is 14.7 Å². The first-order valence-electron chi connectivity index (χ1n) is 14.6. The molecule has 1 aliphatic rings. The lowest BCUT2D eigenvalue weighted by Crippen LogP contribution is -2.48. The van der Waals surface area contributed by atoms with Crippen molar-refractivity contribution in [1.29, 1.82) is 0 Å². The zero-order chi connectivity index (χ0) is 30.7. The van der Waals surface area contributed by atoms with Crippen LogP contribution in [0.4, 0.5) is 10.5 Å². The Morgan fingerprint density at radius 2 is 1.81 bits per heavy atom. The largest absolute Gasteiger partial charge is 0.497 e. The molecule has 2 heterocycles. The van der Waals surface area contributed by atoms with E-state index in [-0.39, 0.29) is 30.6 Å². The van der Waals surface area contributed by atoms with E-state index >= 15 is 0 Å². The molecule has 2 N–H and O–H groups in total. The van der Waals surface area contributed by atoms with Gasteiger partial charge >= 0.3 is 6.03 Å². The molecule has 226 valence electrons. The molecule has 0 bridgehead atoms. The number of benzene rings is 3. The van der Waals surface area contributed by atoms with E-state index in [0.717, 1.165) is 27.6 Å². The lowest BCUT2D eigenvalue weighted by atomic mass is 9.96. The Morgan fingerprint density at radius 3 is 2.53 bits per heavy atom. The molecule has 3 aromatic carbocycles. The van der Waals surface area contributed by atoms with E-state index in [4.69, 9.17) is 9.47 Å². The highest BCUT2D eigenvalue weighted by Crippen LogP contribution is 2.38. The number of para-hydroxylation sites is 1. The molecule has 0 unspecified atom stereocenters. The SMILES string of the molecule is COc1ccc(NC(=O)N(C)C[C@@H]2OCc3ccccc3-c3c(n(C)c4ccccc34)C(=O)N([C@H](C)CO)C[C@@H]2C)cc1. The fraction of sp³-hybridized carbons (Fsp3) is 0.353. The van der Waals surface area contributed by atoms with Crippen LogP contribution in [0.5, 0.6) is 5.75 Å². The lowest BCUT2D eigenvalue weighted by Gasteiger charge is -2.35. The summed E-state index contributed by atoms with van der Waals surface area (Å²) >= 11 is 0. The molecule has 0 saturated heterocycles. The summed E-state index contributed by atoms with van der Waals surface area (Å²) in [6.45, 7) is 4.66. The molecule has 9 heteroatoms. The zero-order valence-electron chi connectivity index (χ0n) is 25.4. The molecule has 1 aliphatic heterocycles. The summed E-state index contributed by atoms with van der Waals surface area (Å²) in [4.78, 5) is 31.0. The zero-order valence-corrected chi connectivity index (χ0v) is 25.4. The Kier molecular flexibility index (Phi) is 9.03. The van der Waals surface area contributed by atoms with Gasteiger partial charge in [0.25, 0.3) is 5.91 Å². The van der Waals surface area contributed by atoms with Crippen LogP contribution >= 0.6 is 0 Å². The van der Waals surface area contributed by atoms with Gasteiger partial charge in [-0.15, -0.1) is 0 Å². The van der Waals surface area contributed by atoms with Crippen LogP contribution in [0.15, 0.2) is 72.8 Å². The fourth-order valence-corrected chi connectivity index (χ4v) is 5.77. The van der Waals surface area contributed by atoms with Crippen molar-refractivity contribution in [2.45, 2.75) is 32.6 Å². The van der Waals surface area contributed by atoms with Crippen molar-refractivity contribution in [1.82, 2.24) is 14.4 Å². The second kappa shape index (κ2) is 12.9. The highest BCUT2D eigenvalue weighted by molar-refractivity contribution is 6.10. The third kappa shape index (κ3) is 6.09. The second-order valence-electron chi connectivity index (χ2n) is 11.3. The number of urea groups is 1. The van der Waals surface area contributed by atoms with Gasteiger partial charge in [0.15, 0.2) is 0 Å². The van der Waals surface area contributed by atoms with Crippen molar-refractivity contribution < 1.29 is 24.2 Å². The summed E-state index contributed by atoms with van der Waals surface area (Å²) in [7, 11) is 5.25. The maximum Gasteiger partial charge on any atom is 0.321 e. The smallest absolute Gasteiger partial charge is 0.321 e. The minimum Gasteiger partial charge on any atom is -0.497 e. The van der Waals surface area contributed by atoms with E-state index in [0.29, 0.717) is 36.8 Å². The monoisotopic (exact) mass is 584 g/mol. The van der Waals surface area contributed by atoms with Crippen molar-refractivity contribution in [3.05, 3.63) is 84.1 Å². The van der Waals surface area contributed by atoms with E-state index in [1.165, 1.54) is 0 Å². The highest BCUT2D eigenvalue weighted by Gasteiger charge is 2.34. The number of aryl methyl sites for hydroxylation is 1. The molecule has 0 radical (unpaired) electrons. The van der Waals surface area contributed by atoms with Crippen LogP contribution in [0, 0.1) is 5.92 Å². The summed E-state index contributed by atoms with van der Waals surface area (Å²) in [6, 6.07) is 22.5. The number of aliphatic hydroxyl groups excluding tert-OH is 1. The molecular weight excluding hydrogens is 544 g/mol. The first-order valence-corrected chi connectivity index (χ1v) is 14.6. The number of amides is 3. The summed E-state index contributed by atoms with van der Waals surface area (Å²) in [6.07, 6.45) is -0.390. The van der Waals surface area contributed by atoms with Crippen LogP contribution in [-0.2, 0) is 18.4 Å². The quantitative estimate of drug-likeness (QED) is 0.318. The number of hydrogen-bond acceptors (Lipinski definition) is 5. The first-order chi connectivity index (χ1) is 20.7. The number of rotatable bonds is 6. The van der Waals surface area contributed by atoms with Crippen molar-refractivity contribution in [2.24, 2.45) is 13.0 Å². The standard InChI is InChI=1S/C34H40N4O5/c1-22-18-38(23(2)20-39)33(40)32-31(28-12-8-9-13-29(28)37(32)4)27-11-7-6-10-24(27)21-43-30(22)19-36(3)34(41)35-25-14-16-26(42-5)17-15-25/h6-17,22-23,30,39H,18-21H2,1-5H3,(H,35,41)/t22-,23+,30-/m0/s1. The topological polar surface area (TPSA) is 96.3 Å². The molecule has 0 spiro atoms. The predicted molar refractivity (Wildman–Crippen MR) is 168 cm³/mol. The van der Waals surface area contributed by atoms with Gasteiger partial charge in [-0.25, -0.2) is 4.79 Å². The Balaban J connectivity index is 1.51. The number of nitrogens with one attached hydrogen (secondary N) is 1. The first kappa shape index (κ1) is 30.1. The number of aromatic nitrogens is 1. The Labute approximate surface area is 252 Å². The van der Waals surface area contributed by atoms with Crippen LogP contribution in [0.3, 0.4) is 0 Å². The summed E-state index contributed by atoms with van der Waals surface area (Å²) < 4.78 is 13.8. The summed E-state index contributed by atoms with van der Waals surface area (Å²) in [5.41, 5.74) is 4.94. The van der Waals surface area contributed by atoms with Gasteiger partial charge in [0.05, 0.1) is 32.5 Å². The van der Waals surface area contributed by atoms with Gasteiger partial charge in [-0.1, -0.05) is 49.4 Å². The molecule has 3 atom stereocenters. The molecule has 4 aromatic rings. The van der Waals surface area contributed by atoms with E-state index < -0.39 is 6.04 Å². The van der Waals surface area contributed by atoms with Crippen LogP contribution in [-0.4, -0.2) is 77.4 Å². The Bertz CT molecular complexity index is 1600. The summed E-state index contributed by atoms with van der Waals surface area (Å²) in [5, 5.41) is 14.1. The van der Waals surface area contributed by atoms with Crippen molar-refractivity contribution in [3.8, 4) is 16.9 Å². The van der Waals surface area contributed by atoms with E-state index in [1.54, 1.807) is 48.2 Å². The highest BCUT2D eigenvalue weighted by atomic mass is 16.5. The van der Waals surface area contributed by atoms with E-state index in [2.05, 4.69) is 5.32 Å². The van der Waals surface area contributed by atoms with Crippen LogP contribution in [0.1, 0.15) is 29.9 Å². The van der Waals surface area contributed by atoms with Crippen LogP contribution in [0.2, 0.25) is 0 Å². The maximum atomic E-state index is 14.5. The number of fused-ring (bicyclic) bond motifs is 5. The molecule has 9 nitrogen and oxygen atoms in total. The van der Waals surface area contributed by atoms with Gasteiger partial charge in [-0.2, -0.15) is 0 Å². The third-order valence-corrected chi connectivity index (χ3v) is 8.37. The van der Waals surface area contributed by atoms with Crippen molar-refractivity contribution in [3.63, 3.8) is 0 Å². The van der Waals surface area contributed by atoms with Gasteiger partial charge in [-0.05, 0) is 48.4 Å². The fourth-order valence-electron chi connectivity index (χ4n) is 5.77. The normalized spacial score (nSPS) is 17.9. The molecule has 5 rings (SSSR count). The molecule has 3 amide bonds. The minimum atomic E-state index is -0.423. The van der Waals surface area contributed by atoms with Gasteiger partial charge in [-0.3, -0.25) is 4.79 Å². The number of aliphatic hydroxyl groups is 1. The Morgan fingerprint density at radius 1 is 1.12 bits per heavy atom. The van der Waals surface area contributed by atoms with Crippen LogP contribution in [0.25, 0.3) is 22.0 Å². The molecule has 43 heavy (non-hydrogen) atoms. The van der Waals surface area contributed by atoms with Gasteiger partial charge in [0, 0.05) is 55.3 Å². The average molecular weight is 585 g/mol. The second-order valence-corrected chi connectivity index (χ2v) is 11.3. The lowest BCUT2D eigenvalue weighted by molar-refractivity contribution is -0.0179. The maximum absolute atomic E-state index is 14.5. The number of carbonyl (C=O) groups is 2. The van der Waals surface area contributed by atoms with Crippen molar-refractivity contribution >= 4 is 28.5 Å². The predicted octanol–water partition coefficient (Wildman–Crippen LogP) is 5.38. The third-order valence-electron chi connectivity index (χ3n) is 8.37. The van der Waals surface area contributed by atoms with Gasteiger partial charge in [0.2, 0.25) is 0 Å². The molecule has 0 fully saturated rings. The number of hydrogen-bond donors (Lipinski definition) is 2. The van der Waals surface area contributed by atoms with Gasteiger partial charge in [0.1, 0.15) is 11.4 Å². The Hall–Kier alpha value is -4.34. The molecular formula is C34H40N4O5. The number of carbonyl (C=O) groups excluding carboxylic acids is 2. The molecule has 1 aromatic heterocycles. The molecule has 0 aliphatic carbocycles. The molecule has 0 saturated carbocycles. The number of likely N-dealkylation sites (N-methyl/N-ethyl adjacent to an activating group) is 1. The van der Waals surface area contributed by atoms with Crippen molar-refractivity contribution in [2.75, 3.05) is 39.2 Å². The number of anilines is 1. The minimum absolute atomic E-state index is 0.150. The number of methoxy groups -OCH3 is 1. The van der Waals surface area contributed by atoms with E-state index in [1.807, 2.05) is 74.0 Å². The summed E-state index contributed by atoms with van der Waals surface area (Å²) in [5.74, 6) is 0.401. The van der Waals surface area contributed by atoms with Crippen LogP contribution < -0.4 is 10.1 Å². The number of ether oxygens (including phenoxy) is 2. The van der Waals surface area contributed by atoms with Gasteiger partial charge < -0.3 is 34.3 Å². The average Bonchev–Trinajstić information content (AvgIpc) is 3.32. The number of nitrogens with zero attached hydrogens (tertiary/aromatic N) is 3.